The van der Waals surface area contributed by atoms with Gasteiger partial charge in [-0.2, -0.15) is 5.26 Å². The lowest BCUT2D eigenvalue weighted by Gasteiger charge is -2.37. The molecule has 0 bridgehead atoms. The first-order valence-corrected chi connectivity index (χ1v) is 7.32. The second kappa shape index (κ2) is 7.25. The van der Waals surface area contributed by atoms with Crippen LogP contribution in [-0.2, 0) is 9.59 Å². The van der Waals surface area contributed by atoms with Gasteiger partial charge in [0.05, 0.1) is 6.07 Å². The highest BCUT2D eigenvalue weighted by Gasteiger charge is 2.29. The van der Waals surface area contributed by atoms with E-state index in [1.54, 1.807) is 4.90 Å². The van der Waals surface area contributed by atoms with E-state index in [-0.39, 0.29) is 11.8 Å². The summed E-state index contributed by atoms with van der Waals surface area (Å²) >= 11 is 0. The Morgan fingerprint density at radius 2 is 1.80 bits per heavy atom. The summed E-state index contributed by atoms with van der Waals surface area (Å²) in [5.41, 5.74) is 0. The summed E-state index contributed by atoms with van der Waals surface area (Å²) in [6.07, 6.45) is 3.19. The largest absolute Gasteiger partial charge is 0.342 e. The SMILES string of the molecule is N#CCCN1CCC(C(=O)N2CCN(C=O)CC2)CC1. The standard InChI is InChI=1S/C14H22N4O2/c15-4-1-5-16-6-2-13(3-7-16)14(20)18-10-8-17(12-19)9-11-18/h12-13H,1-3,5-11H2. The summed E-state index contributed by atoms with van der Waals surface area (Å²) in [7, 11) is 0. The van der Waals surface area contributed by atoms with Crippen molar-refractivity contribution < 1.29 is 9.59 Å². The van der Waals surface area contributed by atoms with Gasteiger partial charge < -0.3 is 14.7 Å². The monoisotopic (exact) mass is 278 g/mol. The molecular formula is C14H22N4O2. The fraction of sp³-hybridized carbons (Fsp3) is 0.786. The lowest BCUT2D eigenvalue weighted by molar-refractivity contribution is -0.140. The Kier molecular flexibility index (Phi) is 5.36. The predicted octanol–water partition coefficient (Wildman–Crippen LogP) is -0.0873. The highest BCUT2D eigenvalue weighted by Crippen LogP contribution is 2.20. The average Bonchev–Trinajstić information content (AvgIpc) is 2.53. The number of hydrogen-bond acceptors (Lipinski definition) is 4. The van der Waals surface area contributed by atoms with Crippen LogP contribution in [0.1, 0.15) is 19.3 Å². The van der Waals surface area contributed by atoms with Gasteiger partial charge >= 0.3 is 0 Å². The number of likely N-dealkylation sites (tertiary alicyclic amines) is 1. The van der Waals surface area contributed by atoms with Crippen LogP contribution in [0.4, 0.5) is 0 Å². The van der Waals surface area contributed by atoms with E-state index in [9.17, 15) is 9.59 Å². The van der Waals surface area contributed by atoms with Crippen LogP contribution in [0.3, 0.4) is 0 Å². The minimum Gasteiger partial charge on any atom is -0.342 e. The zero-order valence-corrected chi connectivity index (χ0v) is 11.8. The molecule has 0 atom stereocenters. The molecule has 2 aliphatic rings. The minimum atomic E-state index is 0.121. The number of amides is 2. The molecule has 0 unspecified atom stereocenters. The zero-order valence-electron chi connectivity index (χ0n) is 11.8. The molecule has 2 saturated heterocycles. The summed E-state index contributed by atoms with van der Waals surface area (Å²) in [4.78, 5) is 28.9. The Morgan fingerprint density at radius 3 is 2.35 bits per heavy atom. The zero-order chi connectivity index (χ0) is 14.4. The second-order valence-electron chi connectivity index (χ2n) is 5.49. The van der Waals surface area contributed by atoms with Gasteiger partial charge in [-0.15, -0.1) is 0 Å². The molecule has 2 rings (SSSR count). The third kappa shape index (κ3) is 3.70. The molecule has 2 amide bonds. The van der Waals surface area contributed by atoms with Crippen molar-refractivity contribution >= 4 is 12.3 Å². The molecule has 6 nitrogen and oxygen atoms in total. The van der Waals surface area contributed by atoms with Gasteiger partial charge in [-0.05, 0) is 25.9 Å². The van der Waals surface area contributed by atoms with Crippen LogP contribution in [0, 0.1) is 17.2 Å². The highest BCUT2D eigenvalue weighted by atomic mass is 16.2. The molecule has 6 heteroatoms. The van der Waals surface area contributed by atoms with Crippen LogP contribution >= 0.6 is 0 Å². The van der Waals surface area contributed by atoms with Crippen LogP contribution in [0.2, 0.25) is 0 Å². The molecule has 0 aromatic rings. The summed E-state index contributed by atoms with van der Waals surface area (Å²) in [5.74, 6) is 0.367. The molecule has 110 valence electrons. The van der Waals surface area contributed by atoms with E-state index in [1.807, 2.05) is 4.90 Å². The van der Waals surface area contributed by atoms with Crippen molar-refractivity contribution in [2.45, 2.75) is 19.3 Å². The van der Waals surface area contributed by atoms with Crippen LogP contribution < -0.4 is 0 Å². The number of nitrogens with zero attached hydrogens (tertiary/aromatic N) is 4. The van der Waals surface area contributed by atoms with Crippen molar-refractivity contribution in [3.05, 3.63) is 0 Å². The molecule has 0 aromatic heterocycles. The van der Waals surface area contributed by atoms with Crippen LogP contribution in [0.15, 0.2) is 0 Å². The third-order valence-corrected chi connectivity index (χ3v) is 4.25. The fourth-order valence-corrected chi connectivity index (χ4v) is 2.92. The van der Waals surface area contributed by atoms with E-state index < -0.39 is 0 Å². The fourth-order valence-electron chi connectivity index (χ4n) is 2.92. The predicted molar refractivity (Wildman–Crippen MR) is 73.6 cm³/mol. The number of piperidine rings is 1. The lowest BCUT2D eigenvalue weighted by Crippen LogP contribution is -2.51. The van der Waals surface area contributed by atoms with Gasteiger partial charge in [0.15, 0.2) is 0 Å². The Balaban J connectivity index is 1.75. The maximum Gasteiger partial charge on any atom is 0.225 e. The number of nitriles is 1. The lowest BCUT2D eigenvalue weighted by atomic mass is 9.95. The highest BCUT2D eigenvalue weighted by molar-refractivity contribution is 5.79. The van der Waals surface area contributed by atoms with Crippen molar-refractivity contribution in [2.75, 3.05) is 45.8 Å². The second-order valence-corrected chi connectivity index (χ2v) is 5.49. The summed E-state index contributed by atoms with van der Waals surface area (Å²) < 4.78 is 0. The van der Waals surface area contributed by atoms with E-state index in [2.05, 4.69) is 11.0 Å². The summed E-state index contributed by atoms with van der Waals surface area (Å²) in [6.45, 7) is 5.25. The molecule has 2 heterocycles. The van der Waals surface area contributed by atoms with Gasteiger partial charge in [0.1, 0.15) is 0 Å². The van der Waals surface area contributed by atoms with Crippen molar-refractivity contribution in [1.29, 1.82) is 5.26 Å². The first kappa shape index (κ1) is 14.8. The molecule has 0 spiro atoms. The van der Waals surface area contributed by atoms with Crippen LogP contribution in [0.25, 0.3) is 0 Å². The Hall–Kier alpha value is -1.61. The van der Waals surface area contributed by atoms with Crippen molar-refractivity contribution in [3.63, 3.8) is 0 Å². The van der Waals surface area contributed by atoms with E-state index in [0.717, 1.165) is 38.9 Å². The third-order valence-electron chi connectivity index (χ3n) is 4.25. The molecule has 0 saturated carbocycles. The molecule has 0 aromatic carbocycles. The quantitative estimate of drug-likeness (QED) is 0.674. The van der Waals surface area contributed by atoms with Gasteiger partial charge in [0.25, 0.3) is 0 Å². The van der Waals surface area contributed by atoms with Gasteiger partial charge in [0, 0.05) is 45.1 Å². The first-order valence-electron chi connectivity index (χ1n) is 7.32. The maximum absolute atomic E-state index is 12.4. The van der Waals surface area contributed by atoms with Gasteiger partial charge in [-0.3, -0.25) is 9.59 Å². The van der Waals surface area contributed by atoms with E-state index in [0.29, 0.717) is 32.6 Å². The molecular weight excluding hydrogens is 256 g/mol. The van der Waals surface area contributed by atoms with Crippen molar-refractivity contribution in [2.24, 2.45) is 5.92 Å². The number of carbonyl (C=O) groups excluding carboxylic acids is 2. The van der Waals surface area contributed by atoms with Gasteiger partial charge in [0.2, 0.25) is 12.3 Å². The van der Waals surface area contributed by atoms with Crippen LogP contribution in [0.5, 0.6) is 0 Å². The molecule has 20 heavy (non-hydrogen) atoms. The van der Waals surface area contributed by atoms with Crippen molar-refractivity contribution in [3.8, 4) is 6.07 Å². The normalized spacial score (nSPS) is 21.6. The number of carbonyl (C=O) groups is 2. The van der Waals surface area contributed by atoms with Crippen molar-refractivity contribution in [1.82, 2.24) is 14.7 Å². The molecule has 0 N–H and O–H groups in total. The Morgan fingerprint density at radius 1 is 1.15 bits per heavy atom. The Labute approximate surface area is 119 Å². The van der Waals surface area contributed by atoms with Gasteiger partial charge in [-0.1, -0.05) is 0 Å². The van der Waals surface area contributed by atoms with Crippen LogP contribution in [-0.4, -0.2) is 72.8 Å². The smallest absolute Gasteiger partial charge is 0.225 e. The Bertz CT molecular complexity index is 377. The summed E-state index contributed by atoms with van der Waals surface area (Å²) in [5, 5.41) is 8.58. The van der Waals surface area contributed by atoms with E-state index in [1.165, 1.54) is 0 Å². The summed E-state index contributed by atoms with van der Waals surface area (Å²) in [6, 6.07) is 2.16. The minimum absolute atomic E-state index is 0.121. The number of rotatable bonds is 4. The van der Waals surface area contributed by atoms with E-state index >= 15 is 0 Å². The average molecular weight is 278 g/mol. The molecule has 2 aliphatic heterocycles. The van der Waals surface area contributed by atoms with E-state index in [4.69, 9.17) is 5.26 Å². The topological polar surface area (TPSA) is 67.7 Å². The maximum atomic E-state index is 12.4. The molecule has 0 aliphatic carbocycles. The first-order chi connectivity index (χ1) is 9.74. The number of hydrogen-bond donors (Lipinski definition) is 0. The molecule has 2 fully saturated rings. The molecule has 0 radical (unpaired) electrons. The van der Waals surface area contributed by atoms with Gasteiger partial charge in [-0.25, -0.2) is 0 Å². The number of piperazine rings is 1.